The van der Waals surface area contributed by atoms with Crippen molar-refractivity contribution in [2.24, 2.45) is 0 Å². The third-order valence-corrected chi connectivity index (χ3v) is 5.68. The number of phenols is 1. The lowest BCUT2D eigenvalue weighted by Gasteiger charge is -2.10. The van der Waals surface area contributed by atoms with Crippen molar-refractivity contribution in [3.8, 4) is 22.8 Å². The summed E-state index contributed by atoms with van der Waals surface area (Å²) in [6.07, 6.45) is 0.892. The average molecular weight is 398 g/mol. The van der Waals surface area contributed by atoms with Crippen molar-refractivity contribution < 1.29 is 14.6 Å². The molecule has 0 bridgehead atoms. The first-order chi connectivity index (χ1) is 13.6. The number of fused-ring (bicyclic) bond motifs is 3. The number of aromatic nitrogens is 2. The molecule has 0 spiro atoms. The summed E-state index contributed by atoms with van der Waals surface area (Å²) in [5, 5.41) is 13.5. The van der Waals surface area contributed by atoms with E-state index in [1.54, 1.807) is 31.6 Å². The van der Waals surface area contributed by atoms with Crippen LogP contribution >= 0.6 is 11.3 Å². The molecule has 0 saturated heterocycles. The lowest BCUT2D eigenvalue weighted by atomic mass is 10.1. The number of aryl methyl sites for hydroxylation is 1. The molecule has 2 aromatic heterocycles. The topological polar surface area (TPSA) is 68.0 Å². The highest BCUT2D eigenvalue weighted by molar-refractivity contribution is 7.23. The van der Waals surface area contributed by atoms with Gasteiger partial charge in [0.1, 0.15) is 11.5 Å². The van der Waals surface area contributed by atoms with E-state index in [0.717, 1.165) is 40.5 Å². The van der Waals surface area contributed by atoms with Gasteiger partial charge in [0.2, 0.25) is 0 Å². The van der Waals surface area contributed by atoms with E-state index in [9.17, 15) is 5.11 Å². The zero-order valence-corrected chi connectivity index (χ0v) is 17.0. The Labute approximate surface area is 167 Å². The third kappa shape index (κ3) is 3.27. The van der Waals surface area contributed by atoms with Crippen LogP contribution in [0.5, 0.6) is 11.5 Å². The highest BCUT2D eigenvalue weighted by Crippen LogP contribution is 2.38. The fourth-order valence-corrected chi connectivity index (χ4v) is 4.41. The number of aromatic hydroxyl groups is 1. The van der Waals surface area contributed by atoms with E-state index in [0.29, 0.717) is 12.4 Å². The van der Waals surface area contributed by atoms with E-state index in [1.165, 1.54) is 10.3 Å². The van der Waals surface area contributed by atoms with Gasteiger partial charge in [0, 0.05) is 25.8 Å². The highest BCUT2D eigenvalue weighted by atomic mass is 32.1. The summed E-state index contributed by atoms with van der Waals surface area (Å²) < 4.78 is 13.8. The van der Waals surface area contributed by atoms with Crippen LogP contribution in [0.3, 0.4) is 0 Å². The lowest BCUT2D eigenvalue weighted by molar-refractivity contribution is 0.198. The van der Waals surface area contributed by atoms with E-state index in [-0.39, 0.29) is 5.75 Å². The normalized spacial score (nSPS) is 11.4. The summed E-state index contributed by atoms with van der Waals surface area (Å²) in [7, 11) is 3.25. The minimum atomic E-state index is 0.114. The lowest BCUT2D eigenvalue weighted by Crippen LogP contribution is -2.07. The van der Waals surface area contributed by atoms with Crippen molar-refractivity contribution >= 4 is 32.3 Å². The first kappa shape index (κ1) is 18.6. The van der Waals surface area contributed by atoms with Gasteiger partial charge in [-0.2, -0.15) is 0 Å². The van der Waals surface area contributed by atoms with Crippen LogP contribution in [-0.2, 0) is 4.74 Å². The third-order valence-electron chi connectivity index (χ3n) is 4.67. The van der Waals surface area contributed by atoms with Gasteiger partial charge in [-0.1, -0.05) is 17.4 Å². The number of hydrogen-bond acceptors (Lipinski definition) is 6. The number of hydrogen-bond donors (Lipinski definition) is 2. The van der Waals surface area contributed by atoms with Crippen LogP contribution in [-0.4, -0.2) is 41.9 Å². The predicted molar refractivity (Wildman–Crippen MR) is 114 cm³/mol. The number of methoxy groups -OCH3 is 2. The maximum Gasteiger partial charge on any atom is 0.197 e. The number of thiazole rings is 1. The molecule has 0 aliphatic carbocycles. The Bertz CT molecular complexity index is 1130. The SMILES string of the molecule is COCCCNc1c(-c2ccc(O)c(OC)c2)nc2sc3cc(C)ccc3n12. The van der Waals surface area contributed by atoms with Crippen molar-refractivity contribution in [1.82, 2.24) is 9.38 Å². The Morgan fingerprint density at radius 3 is 2.82 bits per heavy atom. The highest BCUT2D eigenvalue weighted by Gasteiger charge is 2.19. The number of ether oxygens (including phenoxy) is 2. The van der Waals surface area contributed by atoms with Crippen molar-refractivity contribution in [3.05, 3.63) is 42.0 Å². The molecule has 6 nitrogen and oxygen atoms in total. The Balaban J connectivity index is 1.87. The minimum absolute atomic E-state index is 0.114. The first-order valence-electron chi connectivity index (χ1n) is 9.14. The van der Waals surface area contributed by atoms with Gasteiger partial charge < -0.3 is 19.9 Å². The summed E-state index contributed by atoms with van der Waals surface area (Å²) in [4.78, 5) is 5.83. The summed E-state index contributed by atoms with van der Waals surface area (Å²) in [5.41, 5.74) is 4.09. The van der Waals surface area contributed by atoms with Crippen LogP contribution in [0, 0.1) is 6.92 Å². The summed E-state index contributed by atoms with van der Waals surface area (Å²) in [6, 6.07) is 11.7. The molecule has 7 heteroatoms. The van der Waals surface area contributed by atoms with Crippen LogP contribution in [0.4, 0.5) is 5.82 Å². The maximum atomic E-state index is 9.94. The van der Waals surface area contributed by atoms with E-state index < -0.39 is 0 Å². The van der Waals surface area contributed by atoms with Crippen LogP contribution in [0.25, 0.3) is 26.4 Å². The van der Waals surface area contributed by atoms with Crippen molar-refractivity contribution in [1.29, 1.82) is 0 Å². The largest absolute Gasteiger partial charge is 0.504 e. The summed E-state index contributed by atoms with van der Waals surface area (Å²) in [6.45, 7) is 3.56. The second-order valence-electron chi connectivity index (χ2n) is 6.66. The zero-order valence-electron chi connectivity index (χ0n) is 16.2. The molecule has 0 atom stereocenters. The molecule has 2 N–H and O–H groups in total. The van der Waals surface area contributed by atoms with Crippen molar-refractivity contribution in [2.45, 2.75) is 13.3 Å². The summed E-state index contributed by atoms with van der Waals surface area (Å²) >= 11 is 1.67. The molecule has 4 rings (SSSR count). The Kier molecular flexibility index (Phi) is 5.11. The fraction of sp³-hybridized carbons (Fsp3) is 0.286. The van der Waals surface area contributed by atoms with Gasteiger partial charge in [0.05, 0.1) is 17.3 Å². The quantitative estimate of drug-likeness (QED) is 0.443. The number of imidazole rings is 1. The van der Waals surface area contributed by atoms with Crippen LogP contribution < -0.4 is 10.1 Å². The standard InChI is InChI=1S/C21H23N3O3S/c1-13-5-7-15-18(11-13)28-21-23-19(14-6-8-16(25)17(12-14)27-3)20(24(15)21)22-9-4-10-26-2/h5-8,11-12,22,25H,4,9-10H2,1-3H3. The molecule has 0 aliphatic heterocycles. The molecule has 0 amide bonds. The number of anilines is 1. The molecule has 0 radical (unpaired) electrons. The van der Waals surface area contributed by atoms with Gasteiger partial charge >= 0.3 is 0 Å². The molecule has 146 valence electrons. The van der Waals surface area contributed by atoms with Gasteiger partial charge in [-0.25, -0.2) is 4.98 Å². The number of rotatable bonds is 7. The maximum absolute atomic E-state index is 9.94. The zero-order chi connectivity index (χ0) is 19.7. The molecular formula is C21H23N3O3S. The smallest absolute Gasteiger partial charge is 0.197 e. The number of nitrogens with one attached hydrogen (secondary N) is 1. The van der Waals surface area contributed by atoms with E-state index in [4.69, 9.17) is 14.5 Å². The molecule has 0 fully saturated rings. The van der Waals surface area contributed by atoms with Gasteiger partial charge in [-0.15, -0.1) is 0 Å². The Morgan fingerprint density at radius 2 is 2.04 bits per heavy atom. The van der Waals surface area contributed by atoms with Gasteiger partial charge in [0.25, 0.3) is 0 Å². The van der Waals surface area contributed by atoms with Crippen molar-refractivity contribution in [3.63, 3.8) is 0 Å². The van der Waals surface area contributed by atoms with Gasteiger partial charge in [0.15, 0.2) is 16.5 Å². The predicted octanol–water partition coefficient (Wildman–Crippen LogP) is 4.69. The van der Waals surface area contributed by atoms with Crippen LogP contribution in [0.15, 0.2) is 36.4 Å². The minimum Gasteiger partial charge on any atom is -0.504 e. The van der Waals surface area contributed by atoms with E-state index in [1.807, 2.05) is 12.1 Å². The van der Waals surface area contributed by atoms with Gasteiger partial charge in [-0.05, 0) is 49.2 Å². The second kappa shape index (κ2) is 7.69. The monoisotopic (exact) mass is 397 g/mol. The Hall–Kier alpha value is -2.77. The van der Waals surface area contributed by atoms with Crippen molar-refractivity contribution in [2.75, 3.05) is 32.7 Å². The number of phenolic OH excluding ortho intramolecular Hbond substituents is 1. The molecule has 2 aromatic carbocycles. The Morgan fingerprint density at radius 1 is 1.18 bits per heavy atom. The molecule has 2 heterocycles. The number of nitrogens with zero attached hydrogens (tertiary/aromatic N) is 2. The fourth-order valence-electron chi connectivity index (χ4n) is 3.29. The second-order valence-corrected chi connectivity index (χ2v) is 7.67. The first-order valence-corrected chi connectivity index (χ1v) is 9.96. The average Bonchev–Trinajstić information content (AvgIpc) is 3.21. The molecular weight excluding hydrogens is 374 g/mol. The molecule has 28 heavy (non-hydrogen) atoms. The van der Waals surface area contributed by atoms with E-state index in [2.05, 4.69) is 34.8 Å². The molecule has 0 unspecified atom stereocenters. The van der Waals surface area contributed by atoms with Crippen LogP contribution in [0.2, 0.25) is 0 Å². The molecule has 4 aromatic rings. The molecule has 0 aliphatic rings. The van der Waals surface area contributed by atoms with E-state index >= 15 is 0 Å². The van der Waals surface area contributed by atoms with Gasteiger partial charge in [-0.3, -0.25) is 4.40 Å². The molecule has 0 saturated carbocycles. The van der Waals surface area contributed by atoms with Crippen LogP contribution in [0.1, 0.15) is 12.0 Å². The number of benzene rings is 2. The summed E-state index contributed by atoms with van der Waals surface area (Å²) in [5.74, 6) is 1.48.